The van der Waals surface area contributed by atoms with E-state index in [2.05, 4.69) is 0 Å². The second kappa shape index (κ2) is 11.9. The average Bonchev–Trinajstić information content (AvgIpc) is 3.09. The predicted molar refractivity (Wildman–Crippen MR) is 145 cm³/mol. The van der Waals surface area contributed by atoms with Crippen molar-refractivity contribution in [2.75, 3.05) is 0 Å². The van der Waals surface area contributed by atoms with Gasteiger partial charge in [-0.2, -0.15) is 0 Å². The van der Waals surface area contributed by atoms with Crippen molar-refractivity contribution in [3.05, 3.63) is 59.2 Å². The van der Waals surface area contributed by atoms with E-state index >= 15 is 0 Å². The van der Waals surface area contributed by atoms with Crippen molar-refractivity contribution < 1.29 is 38.5 Å². The van der Waals surface area contributed by atoms with Gasteiger partial charge in [0.2, 0.25) is 0 Å². The van der Waals surface area contributed by atoms with Crippen molar-refractivity contribution in [2.45, 2.75) is 91.6 Å². The smallest absolute Gasteiger partial charge is 0.338 e. The SMILES string of the molecule is CC(=O)O[C@H]1[C@@H](C)C[C@]2(O)C(=O)/C(C)=C/CC(C)(C)[C@H](OC(C)=O)C[C@@H](OC(=O)c3ccccc3)/C(C)=C/[C@@H]12. The zero-order chi connectivity index (χ0) is 29.1. The zero-order valence-electron chi connectivity index (χ0n) is 23.9. The summed E-state index contributed by atoms with van der Waals surface area (Å²) in [7, 11) is 0. The van der Waals surface area contributed by atoms with E-state index in [1.54, 1.807) is 56.3 Å². The number of fused-ring (bicyclic) bond motifs is 1. The normalized spacial score (nSPS) is 33.6. The molecule has 0 amide bonds. The molecule has 0 spiro atoms. The van der Waals surface area contributed by atoms with Crippen molar-refractivity contribution in [2.24, 2.45) is 17.3 Å². The van der Waals surface area contributed by atoms with Gasteiger partial charge >= 0.3 is 17.9 Å². The van der Waals surface area contributed by atoms with Gasteiger partial charge in [-0.25, -0.2) is 4.79 Å². The molecule has 0 aromatic heterocycles. The molecule has 0 heterocycles. The molecule has 0 radical (unpaired) electrons. The highest BCUT2D eigenvalue weighted by Crippen LogP contribution is 2.46. The number of carbonyl (C=O) groups is 4. The molecule has 212 valence electrons. The van der Waals surface area contributed by atoms with Crippen molar-refractivity contribution in [3.8, 4) is 0 Å². The number of Topliss-reactive ketones (excluding diaryl/α,β-unsaturated/α-hetero) is 1. The maximum Gasteiger partial charge on any atom is 0.338 e. The predicted octanol–water partition coefficient (Wildman–Crippen LogP) is 4.74. The Kier molecular flexibility index (Phi) is 9.21. The lowest BCUT2D eigenvalue weighted by molar-refractivity contribution is -0.154. The van der Waals surface area contributed by atoms with Crippen LogP contribution in [-0.4, -0.2) is 52.7 Å². The summed E-state index contributed by atoms with van der Waals surface area (Å²) in [5, 5.41) is 11.8. The monoisotopic (exact) mass is 540 g/mol. The van der Waals surface area contributed by atoms with Gasteiger partial charge in [0, 0.05) is 25.7 Å². The maximum atomic E-state index is 13.7. The largest absolute Gasteiger partial charge is 0.462 e. The van der Waals surface area contributed by atoms with Gasteiger partial charge in [-0.05, 0) is 55.9 Å². The third-order valence-corrected chi connectivity index (χ3v) is 7.90. The molecule has 6 atom stereocenters. The van der Waals surface area contributed by atoms with E-state index in [-0.39, 0.29) is 18.8 Å². The van der Waals surface area contributed by atoms with Gasteiger partial charge in [0.05, 0.1) is 11.5 Å². The van der Waals surface area contributed by atoms with E-state index in [1.165, 1.54) is 13.8 Å². The molecule has 0 bridgehead atoms. The van der Waals surface area contributed by atoms with Crippen LogP contribution in [0.4, 0.5) is 0 Å². The van der Waals surface area contributed by atoms with Gasteiger partial charge in [-0.3, -0.25) is 14.4 Å². The van der Waals surface area contributed by atoms with Crippen LogP contribution in [0.25, 0.3) is 0 Å². The molecule has 8 heteroatoms. The third-order valence-electron chi connectivity index (χ3n) is 7.90. The molecule has 2 aliphatic carbocycles. The van der Waals surface area contributed by atoms with E-state index in [4.69, 9.17) is 14.2 Å². The van der Waals surface area contributed by atoms with Crippen LogP contribution in [0, 0.1) is 17.3 Å². The van der Waals surface area contributed by atoms with Crippen LogP contribution in [0.3, 0.4) is 0 Å². The molecule has 1 aromatic rings. The number of benzene rings is 1. The van der Waals surface area contributed by atoms with E-state index in [0.717, 1.165) is 0 Å². The molecule has 3 rings (SSSR count). The van der Waals surface area contributed by atoms with Crippen molar-refractivity contribution in [1.29, 1.82) is 0 Å². The minimum atomic E-state index is -1.81. The van der Waals surface area contributed by atoms with Gasteiger partial charge < -0.3 is 19.3 Å². The van der Waals surface area contributed by atoms with E-state index in [0.29, 0.717) is 23.1 Å². The fraction of sp³-hybridized carbons (Fsp3) is 0.548. The molecule has 39 heavy (non-hydrogen) atoms. The highest BCUT2D eigenvalue weighted by Gasteiger charge is 2.56. The first-order valence-corrected chi connectivity index (χ1v) is 13.4. The molecular formula is C31H40O8. The lowest BCUT2D eigenvalue weighted by Gasteiger charge is -2.37. The molecule has 0 aliphatic heterocycles. The van der Waals surface area contributed by atoms with E-state index in [1.807, 2.05) is 20.8 Å². The highest BCUT2D eigenvalue weighted by molar-refractivity contribution is 6.02. The fourth-order valence-electron chi connectivity index (χ4n) is 5.62. The summed E-state index contributed by atoms with van der Waals surface area (Å²) in [4.78, 5) is 50.9. The Morgan fingerprint density at radius 2 is 1.59 bits per heavy atom. The van der Waals surface area contributed by atoms with Gasteiger partial charge in [0.25, 0.3) is 0 Å². The Balaban J connectivity index is 2.16. The molecule has 8 nitrogen and oxygen atoms in total. The topological polar surface area (TPSA) is 116 Å². The summed E-state index contributed by atoms with van der Waals surface area (Å²) in [6.07, 6.45) is 1.81. The molecule has 1 aromatic carbocycles. The Hall–Kier alpha value is -3.26. The van der Waals surface area contributed by atoms with Crippen LogP contribution in [0.5, 0.6) is 0 Å². The van der Waals surface area contributed by atoms with Crippen molar-refractivity contribution >= 4 is 23.7 Å². The molecular weight excluding hydrogens is 500 g/mol. The summed E-state index contributed by atoms with van der Waals surface area (Å²) < 4.78 is 17.3. The molecule has 1 saturated carbocycles. The van der Waals surface area contributed by atoms with Crippen molar-refractivity contribution in [1.82, 2.24) is 0 Å². The van der Waals surface area contributed by atoms with E-state index in [9.17, 15) is 24.3 Å². The van der Waals surface area contributed by atoms with Crippen LogP contribution in [0.2, 0.25) is 0 Å². The minimum Gasteiger partial charge on any atom is -0.462 e. The lowest BCUT2D eigenvalue weighted by Crippen LogP contribution is -2.46. The lowest BCUT2D eigenvalue weighted by atomic mass is 9.76. The number of hydrogen-bond donors (Lipinski definition) is 1. The molecule has 1 fully saturated rings. The summed E-state index contributed by atoms with van der Waals surface area (Å²) in [5.41, 5.74) is -1.15. The Labute approximate surface area is 230 Å². The number of esters is 3. The first-order chi connectivity index (χ1) is 18.2. The average molecular weight is 541 g/mol. The summed E-state index contributed by atoms with van der Waals surface area (Å²) in [5.74, 6) is -3.16. The maximum absolute atomic E-state index is 13.7. The van der Waals surface area contributed by atoms with Crippen LogP contribution >= 0.6 is 0 Å². The summed E-state index contributed by atoms with van der Waals surface area (Å²) >= 11 is 0. The molecule has 1 N–H and O–H groups in total. The second-order valence-corrected chi connectivity index (χ2v) is 11.6. The summed E-state index contributed by atoms with van der Waals surface area (Å²) in [6, 6.07) is 8.54. The standard InChI is InChI=1S/C31H40O8/c1-18-13-14-30(6,7)26(37-21(4)32)16-25(39-29(35)23-11-9-8-10-12-23)19(2)15-24-27(38-22(5)33)20(3)17-31(24,36)28(18)34/h8-13,15,20,24-27,36H,14,16-17H2,1-7H3/b18-13+,19-15+/t20-,24-,25+,26+,27-,31+/m0/s1. The number of rotatable bonds is 4. The zero-order valence-corrected chi connectivity index (χ0v) is 23.9. The highest BCUT2D eigenvalue weighted by atomic mass is 16.6. The first kappa shape index (κ1) is 30.3. The Morgan fingerprint density at radius 1 is 0.974 bits per heavy atom. The number of ketones is 1. The molecule has 0 saturated heterocycles. The number of carbonyl (C=O) groups excluding carboxylic acids is 4. The minimum absolute atomic E-state index is 0.108. The van der Waals surface area contributed by atoms with Gasteiger partial charge in [-0.1, -0.05) is 51.1 Å². The molecule has 2 aliphatic rings. The Bertz CT molecular complexity index is 1160. The number of allylic oxidation sites excluding steroid dienone is 1. The Morgan fingerprint density at radius 3 is 2.18 bits per heavy atom. The van der Waals surface area contributed by atoms with Gasteiger partial charge in [-0.15, -0.1) is 0 Å². The second-order valence-electron chi connectivity index (χ2n) is 11.6. The van der Waals surface area contributed by atoms with Crippen LogP contribution < -0.4 is 0 Å². The molecule has 0 unspecified atom stereocenters. The quantitative estimate of drug-likeness (QED) is 0.331. The van der Waals surface area contributed by atoms with Crippen LogP contribution in [0.15, 0.2) is 53.6 Å². The van der Waals surface area contributed by atoms with Crippen molar-refractivity contribution in [3.63, 3.8) is 0 Å². The van der Waals surface area contributed by atoms with Gasteiger partial charge in [0.15, 0.2) is 5.78 Å². The summed E-state index contributed by atoms with van der Waals surface area (Å²) in [6.45, 7) is 11.7. The first-order valence-electron chi connectivity index (χ1n) is 13.4. The van der Waals surface area contributed by atoms with Gasteiger partial charge in [0.1, 0.15) is 23.9 Å². The third kappa shape index (κ3) is 6.85. The van der Waals surface area contributed by atoms with Crippen LogP contribution in [0.1, 0.15) is 78.1 Å². The number of ether oxygens (including phenoxy) is 3. The number of hydrogen-bond acceptors (Lipinski definition) is 8. The number of aliphatic hydroxyl groups is 1. The fourth-order valence-corrected chi connectivity index (χ4v) is 5.62. The van der Waals surface area contributed by atoms with E-state index < -0.39 is 58.9 Å². The van der Waals surface area contributed by atoms with Crippen LogP contribution in [-0.2, 0) is 28.6 Å².